The fraction of sp³-hybridized carbons (Fsp3) is 0.412. The number of likely N-dealkylation sites (tertiary alicyclic amines) is 1. The Morgan fingerprint density at radius 1 is 1.62 bits per heavy atom. The average molecular weight is 284 g/mol. The highest BCUT2D eigenvalue weighted by atomic mass is 15.2. The molecule has 0 radical (unpaired) electrons. The molecule has 4 nitrogen and oxygen atoms in total. The molecule has 1 aromatic rings. The number of rotatable bonds is 6. The van der Waals surface area contributed by atoms with E-state index in [1.54, 1.807) is 6.20 Å². The molecule has 1 N–H and O–H groups in total. The molecular formula is C17H24N4. The number of hydrogen-bond acceptors (Lipinski definition) is 4. The van der Waals surface area contributed by atoms with Gasteiger partial charge in [0.1, 0.15) is 0 Å². The van der Waals surface area contributed by atoms with Gasteiger partial charge in [0.2, 0.25) is 0 Å². The Bertz CT molecular complexity index is 521. The van der Waals surface area contributed by atoms with E-state index in [-0.39, 0.29) is 0 Å². The molecular weight excluding hydrogens is 260 g/mol. The Balaban J connectivity index is 1.91. The van der Waals surface area contributed by atoms with Crippen LogP contribution in [0.25, 0.3) is 0 Å². The second-order valence-corrected chi connectivity index (χ2v) is 5.41. The summed E-state index contributed by atoms with van der Waals surface area (Å²) in [4.78, 5) is 10.4. The van der Waals surface area contributed by atoms with Gasteiger partial charge >= 0.3 is 0 Å². The smallest absolute Gasteiger partial charge is 0.0546 e. The molecule has 0 bridgehead atoms. The Morgan fingerprint density at radius 2 is 2.48 bits per heavy atom. The molecule has 2 rings (SSSR count). The van der Waals surface area contributed by atoms with Gasteiger partial charge < -0.3 is 10.2 Å². The zero-order valence-electron chi connectivity index (χ0n) is 12.8. The fourth-order valence-corrected chi connectivity index (χ4v) is 2.71. The summed E-state index contributed by atoms with van der Waals surface area (Å²) in [6, 6.07) is 4.68. The SMILES string of the molecule is C=C/C(=C\N=C)N1CCCC(NCc2ccnc(C)c2)C1. The minimum absolute atomic E-state index is 0.486. The van der Waals surface area contributed by atoms with Crippen molar-refractivity contribution in [3.8, 4) is 0 Å². The van der Waals surface area contributed by atoms with E-state index in [4.69, 9.17) is 0 Å². The van der Waals surface area contributed by atoms with Crippen LogP contribution in [-0.2, 0) is 6.54 Å². The quantitative estimate of drug-likeness (QED) is 0.645. The maximum atomic E-state index is 4.23. The third kappa shape index (κ3) is 4.53. The third-order valence-corrected chi connectivity index (χ3v) is 3.78. The Morgan fingerprint density at radius 3 is 3.19 bits per heavy atom. The van der Waals surface area contributed by atoms with Crippen molar-refractivity contribution in [1.82, 2.24) is 15.2 Å². The molecule has 1 fully saturated rings. The van der Waals surface area contributed by atoms with E-state index < -0.39 is 0 Å². The molecule has 1 aromatic heterocycles. The fourth-order valence-electron chi connectivity index (χ4n) is 2.71. The molecule has 4 heteroatoms. The Hall–Kier alpha value is -1.94. The van der Waals surface area contributed by atoms with E-state index in [9.17, 15) is 0 Å². The van der Waals surface area contributed by atoms with Crippen molar-refractivity contribution < 1.29 is 0 Å². The summed E-state index contributed by atoms with van der Waals surface area (Å²) < 4.78 is 0. The summed E-state index contributed by atoms with van der Waals surface area (Å²) in [7, 11) is 0. The number of nitrogens with zero attached hydrogens (tertiary/aromatic N) is 3. The molecule has 0 aromatic carbocycles. The van der Waals surface area contributed by atoms with Crippen LogP contribution in [0.5, 0.6) is 0 Å². The van der Waals surface area contributed by atoms with Gasteiger partial charge in [0.05, 0.1) is 5.70 Å². The molecule has 112 valence electrons. The number of aromatic nitrogens is 1. The standard InChI is InChI=1S/C17H24N4/c1-4-17(12-18-3)21-9-5-6-16(13-21)20-11-15-7-8-19-14(2)10-15/h4,7-8,10,12,16,20H,1,3,5-6,9,11,13H2,2H3/b17-12+. The van der Waals surface area contributed by atoms with Gasteiger partial charge in [-0.1, -0.05) is 6.58 Å². The topological polar surface area (TPSA) is 40.5 Å². The lowest BCUT2D eigenvalue weighted by Crippen LogP contribution is -2.44. The highest BCUT2D eigenvalue weighted by Crippen LogP contribution is 2.16. The molecule has 1 atom stereocenters. The molecule has 2 heterocycles. The predicted molar refractivity (Wildman–Crippen MR) is 88.2 cm³/mol. The van der Waals surface area contributed by atoms with Gasteiger partial charge in [-0.15, -0.1) is 0 Å². The van der Waals surface area contributed by atoms with Gasteiger partial charge in [-0.25, -0.2) is 0 Å². The largest absolute Gasteiger partial charge is 0.369 e. The van der Waals surface area contributed by atoms with Crippen LogP contribution in [0.4, 0.5) is 0 Å². The summed E-state index contributed by atoms with van der Waals surface area (Å²) in [5.41, 5.74) is 3.40. The number of hydrogen-bond donors (Lipinski definition) is 1. The first-order chi connectivity index (χ1) is 10.2. The van der Waals surface area contributed by atoms with E-state index in [0.29, 0.717) is 6.04 Å². The molecule has 0 amide bonds. The van der Waals surface area contributed by atoms with E-state index in [0.717, 1.165) is 31.0 Å². The van der Waals surface area contributed by atoms with Crippen molar-refractivity contribution in [2.24, 2.45) is 4.99 Å². The van der Waals surface area contributed by atoms with E-state index in [2.05, 4.69) is 45.6 Å². The molecule has 21 heavy (non-hydrogen) atoms. The number of aliphatic imine (C=N–C) groups is 1. The molecule has 1 aliphatic rings. The first-order valence-corrected chi connectivity index (χ1v) is 7.41. The molecule has 1 unspecified atom stereocenters. The van der Waals surface area contributed by atoms with Crippen molar-refractivity contribution in [2.45, 2.75) is 32.4 Å². The second-order valence-electron chi connectivity index (χ2n) is 5.41. The van der Waals surface area contributed by atoms with E-state index in [1.165, 1.54) is 18.4 Å². The van der Waals surface area contributed by atoms with Crippen molar-refractivity contribution in [3.05, 3.63) is 54.1 Å². The molecule has 1 aliphatic heterocycles. The number of piperidine rings is 1. The first kappa shape index (κ1) is 15.4. The molecule has 0 spiro atoms. The van der Waals surface area contributed by atoms with E-state index in [1.807, 2.05) is 19.2 Å². The average Bonchev–Trinajstić information content (AvgIpc) is 2.51. The van der Waals surface area contributed by atoms with Crippen LogP contribution in [0.1, 0.15) is 24.1 Å². The lowest BCUT2D eigenvalue weighted by atomic mass is 10.0. The summed E-state index contributed by atoms with van der Waals surface area (Å²) in [5.74, 6) is 0. The van der Waals surface area contributed by atoms with Gasteiger partial charge in [0.25, 0.3) is 0 Å². The van der Waals surface area contributed by atoms with Crippen LogP contribution in [0.2, 0.25) is 0 Å². The Kier molecular flexibility index (Phi) is 5.69. The monoisotopic (exact) mass is 284 g/mol. The zero-order valence-corrected chi connectivity index (χ0v) is 12.8. The van der Waals surface area contributed by atoms with Crippen LogP contribution in [0, 0.1) is 6.92 Å². The van der Waals surface area contributed by atoms with Gasteiger partial charge in [-0.2, -0.15) is 0 Å². The zero-order chi connectivity index (χ0) is 15.1. The lowest BCUT2D eigenvalue weighted by Gasteiger charge is -2.35. The molecule has 0 saturated carbocycles. The van der Waals surface area contributed by atoms with Crippen LogP contribution < -0.4 is 5.32 Å². The number of allylic oxidation sites excluding steroid dienone is 1. The van der Waals surface area contributed by atoms with Crippen molar-refractivity contribution in [3.63, 3.8) is 0 Å². The number of pyridine rings is 1. The van der Waals surface area contributed by atoms with E-state index >= 15 is 0 Å². The van der Waals surface area contributed by atoms with Crippen LogP contribution in [-0.4, -0.2) is 35.7 Å². The van der Waals surface area contributed by atoms with Gasteiger partial charge in [0, 0.05) is 43.8 Å². The van der Waals surface area contributed by atoms with Crippen LogP contribution in [0.15, 0.2) is 47.9 Å². The van der Waals surface area contributed by atoms with Crippen molar-refractivity contribution in [1.29, 1.82) is 0 Å². The third-order valence-electron chi connectivity index (χ3n) is 3.78. The maximum Gasteiger partial charge on any atom is 0.0546 e. The minimum Gasteiger partial charge on any atom is -0.369 e. The number of aryl methyl sites for hydroxylation is 1. The summed E-state index contributed by atoms with van der Waals surface area (Å²) in [5, 5.41) is 3.64. The van der Waals surface area contributed by atoms with Crippen molar-refractivity contribution in [2.75, 3.05) is 13.1 Å². The highest BCUT2D eigenvalue weighted by molar-refractivity contribution is 5.28. The minimum atomic E-state index is 0.486. The summed E-state index contributed by atoms with van der Waals surface area (Å²) >= 11 is 0. The maximum absolute atomic E-state index is 4.23. The summed E-state index contributed by atoms with van der Waals surface area (Å²) in [6.07, 6.45) is 7.88. The van der Waals surface area contributed by atoms with Crippen molar-refractivity contribution >= 4 is 6.72 Å². The molecule has 0 aliphatic carbocycles. The van der Waals surface area contributed by atoms with Crippen LogP contribution in [0.3, 0.4) is 0 Å². The molecule has 1 saturated heterocycles. The Labute approximate surface area is 127 Å². The summed E-state index contributed by atoms with van der Waals surface area (Å²) in [6.45, 7) is 12.3. The number of nitrogens with one attached hydrogen (secondary N) is 1. The second kappa shape index (κ2) is 7.74. The van der Waals surface area contributed by atoms with Crippen LogP contribution >= 0.6 is 0 Å². The highest BCUT2D eigenvalue weighted by Gasteiger charge is 2.20. The lowest BCUT2D eigenvalue weighted by molar-refractivity contribution is 0.239. The normalized spacial score (nSPS) is 19.4. The predicted octanol–water partition coefficient (Wildman–Crippen LogP) is 2.67. The first-order valence-electron chi connectivity index (χ1n) is 7.41. The van der Waals surface area contributed by atoms with Gasteiger partial charge in [-0.05, 0) is 50.3 Å². The van der Waals surface area contributed by atoms with Gasteiger partial charge in [-0.3, -0.25) is 9.98 Å². The van der Waals surface area contributed by atoms with Gasteiger partial charge in [0.15, 0.2) is 0 Å².